The van der Waals surface area contributed by atoms with Gasteiger partial charge in [-0.3, -0.25) is 14.7 Å². The van der Waals surface area contributed by atoms with Crippen molar-refractivity contribution in [3.8, 4) is 0 Å². The molecule has 1 heterocycles. The van der Waals surface area contributed by atoms with Crippen molar-refractivity contribution in [2.24, 2.45) is 0 Å². The summed E-state index contributed by atoms with van der Waals surface area (Å²) >= 11 is 6.13. The van der Waals surface area contributed by atoms with E-state index in [4.69, 9.17) is 11.6 Å². The molecule has 3 aromatic rings. The predicted octanol–water partition coefficient (Wildman–Crippen LogP) is 4.34. The Kier molecular flexibility index (Phi) is 4.34. The van der Waals surface area contributed by atoms with E-state index < -0.39 is 5.60 Å². The molecule has 0 bridgehead atoms. The van der Waals surface area contributed by atoms with E-state index in [1.54, 1.807) is 25.1 Å². The first-order valence-electron chi connectivity index (χ1n) is 8.58. The predicted molar refractivity (Wildman–Crippen MR) is 107 cm³/mol. The summed E-state index contributed by atoms with van der Waals surface area (Å²) in [5.41, 5.74) is 1.85. The Balaban J connectivity index is 1.62. The largest absolute Gasteiger partial charge is 0.385 e. The van der Waals surface area contributed by atoms with E-state index in [1.165, 1.54) is 0 Å². The number of aromatic nitrogens is 2. The molecule has 136 valence electrons. The number of amides is 1. The number of hydrogen-bond donors (Lipinski definition) is 2. The van der Waals surface area contributed by atoms with Crippen LogP contribution < -0.4 is 5.32 Å². The lowest BCUT2D eigenvalue weighted by Crippen LogP contribution is -2.29. The molecule has 1 atom stereocenters. The fourth-order valence-electron chi connectivity index (χ4n) is 3.11. The molecule has 0 spiro atoms. The highest BCUT2D eigenvalue weighted by Crippen LogP contribution is 2.30. The Morgan fingerprint density at radius 1 is 1.26 bits per heavy atom. The van der Waals surface area contributed by atoms with Crippen LogP contribution in [0.25, 0.3) is 16.7 Å². The minimum atomic E-state index is -1.28. The molecule has 0 saturated carbocycles. The average molecular weight is 380 g/mol. The van der Waals surface area contributed by atoms with Crippen molar-refractivity contribution in [2.45, 2.75) is 18.9 Å². The second-order valence-corrected chi connectivity index (χ2v) is 7.16. The number of fused-ring (bicyclic) bond motifs is 1. The molecule has 2 N–H and O–H groups in total. The van der Waals surface area contributed by atoms with Gasteiger partial charge in [0.25, 0.3) is 0 Å². The third-order valence-corrected chi connectivity index (χ3v) is 4.80. The normalized spacial score (nSPS) is 15.1. The maximum absolute atomic E-state index is 12.6. The second kappa shape index (κ2) is 6.68. The van der Waals surface area contributed by atoms with Gasteiger partial charge in [-0.25, -0.2) is 4.98 Å². The number of nitrogens with zero attached hydrogens (tertiary/aromatic N) is 2. The number of hydrogen-bond acceptors (Lipinski definition) is 3. The van der Waals surface area contributed by atoms with Gasteiger partial charge in [0, 0.05) is 10.7 Å². The molecule has 27 heavy (non-hydrogen) atoms. The van der Waals surface area contributed by atoms with E-state index in [9.17, 15) is 9.90 Å². The van der Waals surface area contributed by atoms with E-state index in [0.29, 0.717) is 16.5 Å². The third kappa shape index (κ3) is 3.39. The van der Waals surface area contributed by atoms with Crippen LogP contribution in [0.1, 0.15) is 18.9 Å². The highest BCUT2D eigenvalue weighted by Gasteiger charge is 2.27. The van der Waals surface area contributed by atoms with Gasteiger partial charge in [0.1, 0.15) is 0 Å². The summed E-state index contributed by atoms with van der Waals surface area (Å²) in [5, 5.41) is 14.1. The first-order chi connectivity index (χ1) is 12.9. The van der Waals surface area contributed by atoms with Crippen LogP contribution in [-0.2, 0) is 10.4 Å². The van der Waals surface area contributed by atoms with E-state index in [0.717, 1.165) is 16.7 Å². The van der Waals surface area contributed by atoms with Gasteiger partial charge in [0.15, 0.2) is 0 Å². The van der Waals surface area contributed by atoms with Crippen molar-refractivity contribution < 1.29 is 9.90 Å². The van der Waals surface area contributed by atoms with Crippen molar-refractivity contribution in [1.82, 2.24) is 9.55 Å². The number of benzene rings is 2. The zero-order valence-electron chi connectivity index (χ0n) is 14.7. The van der Waals surface area contributed by atoms with Crippen molar-refractivity contribution in [2.75, 3.05) is 5.32 Å². The van der Waals surface area contributed by atoms with E-state index in [2.05, 4.69) is 10.3 Å². The lowest BCUT2D eigenvalue weighted by molar-refractivity contribution is -0.120. The summed E-state index contributed by atoms with van der Waals surface area (Å²) in [6.07, 6.45) is 5.68. The van der Waals surface area contributed by atoms with Crippen LogP contribution in [0.15, 0.2) is 66.8 Å². The smallest absolute Gasteiger partial charge is 0.229 e. The first kappa shape index (κ1) is 17.5. The average Bonchev–Trinajstić information content (AvgIpc) is 2.91. The highest BCUT2D eigenvalue weighted by atomic mass is 35.5. The van der Waals surface area contributed by atoms with Gasteiger partial charge in [-0.1, -0.05) is 48.0 Å². The number of allylic oxidation sites excluding steroid dienone is 4. The molecule has 4 rings (SSSR count). The third-order valence-electron chi connectivity index (χ3n) is 4.56. The van der Waals surface area contributed by atoms with Gasteiger partial charge >= 0.3 is 0 Å². The minimum Gasteiger partial charge on any atom is -0.385 e. The van der Waals surface area contributed by atoms with Crippen LogP contribution in [0.5, 0.6) is 0 Å². The molecule has 1 aliphatic rings. The molecule has 0 radical (unpaired) electrons. The molecule has 0 aliphatic heterocycles. The number of carbonyl (C=O) groups is 1. The Morgan fingerprint density at radius 3 is 2.67 bits per heavy atom. The molecule has 1 aliphatic carbocycles. The van der Waals surface area contributed by atoms with Crippen LogP contribution in [0, 0.1) is 0 Å². The molecular weight excluding hydrogens is 362 g/mol. The van der Waals surface area contributed by atoms with Gasteiger partial charge in [-0.15, -0.1) is 0 Å². The quantitative estimate of drug-likeness (QED) is 0.693. The maximum atomic E-state index is 12.6. The standard InChI is InChI=1S/C21H18ClN3O2/c1-21(27,14-6-3-2-4-7-14)13-19(26)24-20-23-17-11-10-15(22)12-18(17)25(20)16-8-5-9-16/h2-12,27H,13H2,1H3,(H,23,24,26)/t21-/m1/s1. The molecule has 1 amide bonds. The zero-order chi connectivity index (χ0) is 19.0. The first-order valence-corrected chi connectivity index (χ1v) is 8.96. The number of rotatable bonds is 5. The summed E-state index contributed by atoms with van der Waals surface area (Å²) in [4.78, 5) is 17.2. The van der Waals surface area contributed by atoms with Gasteiger partial charge in [0.2, 0.25) is 11.9 Å². The van der Waals surface area contributed by atoms with Crippen molar-refractivity contribution in [3.63, 3.8) is 0 Å². The number of imidazole rings is 1. The number of carbonyl (C=O) groups excluding carboxylic acids is 1. The Morgan fingerprint density at radius 2 is 2.00 bits per heavy atom. The summed E-state index contributed by atoms with van der Waals surface area (Å²) in [6.45, 7) is 1.63. The molecule has 5 nitrogen and oxygen atoms in total. The fraction of sp³-hybridized carbons (Fsp3) is 0.143. The summed E-state index contributed by atoms with van der Waals surface area (Å²) < 4.78 is 1.84. The highest BCUT2D eigenvalue weighted by molar-refractivity contribution is 6.31. The van der Waals surface area contributed by atoms with Crippen molar-refractivity contribution in [1.29, 1.82) is 0 Å². The number of halogens is 1. The monoisotopic (exact) mass is 379 g/mol. The molecule has 0 saturated heterocycles. The maximum Gasteiger partial charge on any atom is 0.229 e. The van der Waals surface area contributed by atoms with Crippen LogP contribution in [0.4, 0.5) is 5.95 Å². The van der Waals surface area contributed by atoms with Crippen LogP contribution in [-0.4, -0.2) is 20.6 Å². The number of anilines is 1. The van der Waals surface area contributed by atoms with Crippen LogP contribution in [0.2, 0.25) is 5.02 Å². The van der Waals surface area contributed by atoms with E-state index >= 15 is 0 Å². The van der Waals surface area contributed by atoms with Gasteiger partial charge in [0.05, 0.1) is 23.1 Å². The Bertz CT molecular complexity index is 1080. The van der Waals surface area contributed by atoms with Gasteiger partial charge < -0.3 is 5.11 Å². The van der Waals surface area contributed by atoms with Gasteiger partial charge in [-0.05, 0) is 42.8 Å². The lowest BCUT2D eigenvalue weighted by Gasteiger charge is -2.23. The summed E-state index contributed by atoms with van der Waals surface area (Å²) in [7, 11) is 0. The second-order valence-electron chi connectivity index (χ2n) is 6.72. The molecule has 0 fully saturated rings. The molecule has 0 unspecified atom stereocenters. The fourth-order valence-corrected chi connectivity index (χ4v) is 3.27. The summed E-state index contributed by atoms with van der Waals surface area (Å²) in [5.74, 6) is 0.0761. The molecule has 6 heteroatoms. The minimum absolute atomic E-state index is 0.0874. The Labute approximate surface area is 161 Å². The van der Waals surface area contributed by atoms with Crippen LogP contribution in [0.3, 0.4) is 0 Å². The number of aliphatic hydroxyl groups is 1. The van der Waals surface area contributed by atoms with Crippen molar-refractivity contribution >= 4 is 40.2 Å². The Hall–Kier alpha value is -2.89. The molecule has 2 aromatic carbocycles. The van der Waals surface area contributed by atoms with Crippen molar-refractivity contribution in [3.05, 3.63) is 77.3 Å². The molecular formula is C21H18ClN3O2. The lowest BCUT2D eigenvalue weighted by atomic mass is 9.92. The van der Waals surface area contributed by atoms with E-state index in [-0.39, 0.29) is 12.3 Å². The van der Waals surface area contributed by atoms with Gasteiger partial charge in [-0.2, -0.15) is 0 Å². The molecule has 1 aromatic heterocycles. The summed E-state index contributed by atoms with van der Waals surface area (Å²) in [6, 6.07) is 14.5. The zero-order valence-corrected chi connectivity index (χ0v) is 15.4. The SMILES string of the molecule is C[C@@](O)(CC(=O)Nc1nc2ccc(Cl)cc2n1C1=CC=C1)c1ccccc1. The van der Waals surface area contributed by atoms with Crippen LogP contribution >= 0.6 is 11.6 Å². The van der Waals surface area contributed by atoms with E-state index in [1.807, 2.05) is 53.1 Å². The topological polar surface area (TPSA) is 67.2 Å². The number of nitrogens with one attached hydrogen (secondary N) is 1.